The van der Waals surface area contributed by atoms with Gasteiger partial charge >= 0.3 is 0 Å². The molecule has 1 fully saturated rings. The highest BCUT2D eigenvalue weighted by molar-refractivity contribution is 7.91. The molecule has 1 aromatic carbocycles. The van der Waals surface area contributed by atoms with Gasteiger partial charge in [0, 0.05) is 11.6 Å². The van der Waals surface area contributed by atoms with E-state index in [2.05, 4.69) is 9.97 Å². The van der Waals surface area contributed by atoms with Crippen LogP contribution < -0.4 is 5.56 Å². The maximum Gasteiger partial charge on any atom is 0.258 e. The molecular formula is C17H20ClN3O4S. The van der Waals surface area contributed by atoms with Gasteiger partial charge in [0.05, 0.1) is 34.9 Å². The lowest BCUT2D eigenvalue weighted by Crippen LogP contribution is -2.37. The fraction of sp³-hybridized carbons (Fsp3) is 0.471. The molecule has 2 heterocycles. The highest BCUT2D eigenvalue weighted by Crippen LogP contribution is 2.22. The Morgan fingerprint density at radius 2 is 2.19 bits per heavy atom. The van der Waals surface area contributed by atoms with E-state index in [1.54, 1.807) is 23.1 Å². The first-order valence-corrected chi connectivity index (χ1v) is 10.7. The second kappa shape index (κ2) is 7.36. The van der Waals surface area contributed by atoms with Gasteiger partial charge in [-0.05, 0) is 31.0 Å². The first-order valence-electron chi connectivity index (χ1n) is 8.47. The Balaban J connectivity index is 1.87. The molecule has 0 unspecified atom stereocenters. The maximum atomic E-state index is 12.8. The van der Waals surface area contributed by atoms with E-state index < -0.39 is 15.8 Å². The summed E-state index contributed by atoms with van der Waals surface area (Å²) in [7, 11) is -3.14. The number of hydrogen-bond donors (Lipinski definition) is 1. The van der Waals surface area contributed by atoms with Crippen molar-refractivity contribution in [3.05, 3.63) is 39.4 Å². The third-order valence-corrected chi connectivity index (χ3v) is 6.45. The molecule has 7 nitrogen and oxygen atoms in total. The number of aromatic nitrogens is 2. The standard InChI is InChI=1S/C17H20ClN3O4S/c1-2-6-21(17(23)11-5-7-26(24,25)10-11)9-15-19-14-8-12(18)3-4-13(14)16(22)20-15/h3-4,8,11H,2,5-7,9-10H2,1H3,(H,19,20,22)/t11-/m1/s1. The number of rotatable bonds is 5. The normalized spacial score (nSPS) is 18.9. The molecule has 3 rings (SSSR count). The van der Waals surface area contributed by atoms with E-state index in [1.807, 2.05) is 6.92 Å². The lowest BCUT2D eigenvalue weighted by molar-refractivity contribution is -0.135. The highest BCUT2D eigenvalue weighted by Gasteiger charge is 2.35. The molecule has 1 aliphatic rings. The minimum absolute atomic E-state index is 0.0485. The summed E-state index contributed by atoms with van der Waals surface area (Å²) in [5.41, 5.74) is 0.164. The van der Waals surface area contributed by atoms with Crippen LogP contribution in [-0.2, 0) is 21.2 Å². The monoisotopic (exact) mass is 397 g/mol. The Bertz CT molecular complexity index is 1000. The Kier molecular flexibility index (Phi) is 5.34. The van der Waals surface area contributed by atoms with Gasteiger partial charge in [-0.2, -0.15) is 0 Å². The molecule has 1 atom stereocenters. The molecule has 1 N–H and O–H groups in total. The number of nitrogens with one attached hydrogen (secondary N) is 1. The molecular weight excluding hydrogens is 378 g/mol. The molecule has 9 heteroatoms. The minimum Gasteiger partial charge on any atom is -0.335 e. The van der Waals surface area contributed by atoms with Crippen molar-refractivity contribution < 1.29 is 13.2 Å². The average Bonchev–Trinajstić information content (AvgIpc) is 2.93. The zero-order valence-corrected chi connectivity index (χ0v) is 15.9. The van der Waals surface area contributed by atoms with Crippen LogP contribution in [0.4, 0.5) is 0 Å². The number of hydrogen-bond acceptors (Lipinski definition) is 5. The van der Waals surface area contributed by atoms with Crippen molar-refractivity contribution in [1.82, 2.24) is 14.9 Å². The molecule has 1 amide bonds. The first kappa shape index (κ1) is 18.8. The van der Waals surface area contributed by atoms with Gasteiger partial charge in [0.15, 0.2) is 9.84 Å². The van der Waals surface area contributed by atoms with Crippen molar-refractivity contribution in [1.29, 1.82) is 0 Å². The number of halogens is 1. The summed E-state index contributed by atoms with van der Waals surface area (Å²) in [5, 5.41) is 0.896. The van der Waals surface area contributed by atoms with Crippen LogP contribution in [0.15, 0.2) is 23.0 Å². The second-order valence-electron chi connectivity index (χ2n) is 6.53. The third kappa shape index (κ3) is 4.07. The number of H-pyrrole nitrogens is 1. The minimum atomic E-state index is -3.14. The van der Waals surface area contributed by atoms with Crippen LogP contribution in [0.3, 0.4) is 0 Å². The van der Waals surface area contributed by atoms with Crippen LogP contribution >= 0.6 is 11.6 Å². The van der Waals surface area contributed by atoms with Gasteiger partial charge in [0.1, 0.15) is 5.82 Å². The van der Waals surface area contributed by atoms with Gasteiger partial charge in [-0.25, -0.2) is 13.4 Å². The Morgan fingerprint density at radius 1 is 1.42 bits per heavy atom. The number of carbonyl (C=O) groups is 1. The predicted molar refractivity (Wildman–Crippen MR) is 99.8 cm³/mol. The highest BCUT2D eigenvalue weighted by atomic mass is 35.5. The molecule has 1 aromatic heterocycles. The van der Waals surface area contributed by atoms with E-state index in [4.69, 9.17) is 11.6 Å². The summed E-state index contributed by atoms with van der Waals surface area (Å²) in [5.74, 6) is -0.432. The van der Waals surface area contributed by atoms with Gasteiger partial charge in [-0.15, -0.1) is 0 Å². The summed E-state index contributed by atoms with van der Waals surface area (Å²) in [4.78, 5) is 33.7. The number of sulfone groups is 1. The third-order valence-electron chi connectivity index (χ3n) is 4.45. The SMILES string of the molecule is CCCN(Cc1nc2cc(Cl)ccc2c(=O)[nH]1)C(=O)[C@@H]1CCS(=O)(=O)C1. The predicted octanol–water partition coefficient (Wildman–Crippen LogP) is 1.75. The van der Waals surface area contributed by atoms with Gasteiger partial charge in [0.25, 0.3) is 5.56 Å². The maximum absolute atomic E-state index is 12.8. The lowest BCUT2D eigenvalue weighted by Gasteiger charge is -2.24. The second-order valence-corrected chi connectivity index (χ2v) is 9.20. The molecule has 0 spiro atoms. The molecule has 26 heavy (non-hydrogen) atoms. The van der Waals surface area contributed by atoms with Crippen LogP contribution in [-0.4, -0.2) is 47.2 Å². The summed E-state index contributed by atoms with van der Waals surface area (Å²) in [6.07, 6.45) is 1.06. The van der Waals surface area contributed by atoms with Crippen molar-refractivity contribution in [2.24, 2.45) is 5.92 Å². The summed E-state index contributed by atoms with van der Waals surface area (Å²) >= 11 is 5.97. The van der Waals surface area contributed by atoms with Gasteiger partial charge in [-0.1, -0.05) is 18.5 Å². The fourth-order valence-electron chi connectivity index (χ4n) is 3.20. The zero-order chi connectivity index (χ0) is 18.9. The lowest BCUT2D eigenvalue weighted by atomic mass is 10.1. The first-order chi connectivity index (χ1) is 12.3. The largest absolute Gasteiger partial charge is 0.335 e. The quantitative estimate of drug-likeness (QED) is 0.828. The number of amides is 1. The summed E-state index contributed by atoms with van der Waals surface area (Å²) in [6, 6.07) is 4.82. The molecule has 1 saturated heterocycles. The van der Waals surface area contributed by atoms with Gasteiger partial charge in [-0.3, -0.25) is 9.59 Å². The molecule has 140 valence electrons. The van der Waals surface area contributed by atoms with E-state index >= 15 is 0 Å². The average molecular weight is 398 g/mol. The summed E-state index contributed by atoms with van der Waals surface area (Å²) in [6.45, 7) is 2.52. The van der Waals surface area contributed by atoms with Crippen LogP contribution in [0.1, 0.15) is 25.6 Å². The molecule has 0 bridgehead atoms. The van der Waals surface area contributed by atoms with Crippen molar-refractivity contribution in [3.63, 3.8) is 0 Å². The Hall–Kier alpha value is -1.93. The zero-order valence-electron chi connectivity index (χ0n) is 14.4. The van der Waals surface area contributed by atoms with Crippen LogP contribution in [0.5, 0.6) is 0 Å². The van der Waals surface area contributed by atoms with Gasteiger partial charge < -0.3 is 9.88 Å². The Labute approximate surface area is 156 Å². The number of benzene rings is 1. The number of fused-ring (bicyclic) bond motifs is 1. The van der Waals surface area contributed by atoms with E-state index in [0.717, 1.165) is 6.42 Å². The van der Waals surface area contributed by atoms with E-state index in [1.165, 1.54) is 0 Å². The van der Waals surface area contributed by atoms with Crippen LogP contribution in [0, 0.1) is 5.92 Å². The number of carbonyl (C=O) groups excluding carboxylic acids is 1. The van der Waals surface area contributed by atoms with E-state index in [-0.39, 0.29) is 29.5 Å². The van der Waals surface area contributed by atoms with E-state index in [9.17, 15) is 18.0 Å². The van der Waals surface area contributed by atoms with Crippen molar-refractivity contribution in [2.75, 3.05) is 18.1 Å². The molecule has 1 aliphatic heterocycles. The van der Waals surface area contributed by atoms with E-state index in [0.29, 0.717) is 34.7 Å². The van der Waals surface area contributed by atoms with Crippen molar-refractivity contribution in [3.8, 4) is 0 Å². The molecule has 0 saturated carbocycles. The van der Waals surface area contributed by atoms with Crippen LogP contribution in [0.25, 0.3) is 10.9 Å². The Morgan fingerprint density at radius 3 is 2.85 bits per heavy atom. The molecule has 0 aliphatic carbocycles. The number of nitrogens with zero attached hydrogens (tertiary/aromatic N) is 2. The van der Waals surface area contributed by atoms with Crippen molar-refractivity contribution in [2.45, 2.75) is 26.3 Å². The smallest absolute Gasteiger partial charge is 0.258 e. The van der Waals surface area contributed by atoms with Gasteiger partial charge in [0.2, 0.25) is 5.91 Å². The molecule has 2 aromatic rings. The number of aromatic amines is 1. The molecule has 0 radical (unpaired) electrons. The topological polar surface area (TPSA) is 100 Å². The van der Waals surface area contributed by atoms with Crippen LogP contribution in [0.2, 0.25) is 5.02 Å². The van der Waals surface area contributed by atoms with Crippen molar-refractivity contribution >= 4 is 38.2 Å². The summed E-state index contributed by atoms with van der Waals surface area (Å²) < 4.78 is 23.3. The fourth-order valence-corrected chi connectivity index (χ4v) is 5.10.